The molecule has 1 unspecified atom stereocenters. The summed E-state index contributed by atoms with van der Waals surface area (Å²) >= 11 is 0. The number of rotatable bonds is 3. The summed E-state index contributed by atoms with van der Waals surface area (Å²) in [5, 5.41) is 3.43. The highest BCUT2D eigenvalue weighted by Crippen LogP contribution is 2.19. The van der Waals surface area contributed by atoms with Crippen LogP contribution in [0.25, 0.3) is 0 Å². The van der Waals surface area contributed by atoms with E-state index >= 15 is 0 Å². The Balaban J connectivity index is 1.76. The quantitative estimate of drug-likeness (QED) is 0.828. The molecule has 2 aliphatic rings. The lowest BCUT2D eigenvalue weighted by Crippen LogP contribution is -2.50. The monoisotopic (exact) mass is 256 g/mol. The summed E-state index contributed by atoms with van der Waals surface area (Å²) in [7, 11) is 0. The molecular weight excluding hydrogens is 232 g/mol. The molecule has 1 aliphatic carbocycles. The van der Waals surface area contributed by atoms with Gasteiger partial charge in [0.25, 0.3) is 0 Å². The molecular formula is C13H24N2O3. The van der Waals surface area contributed by atoms with Crippen LogP contribution in [0.3, 0.4) is 0 Å². The number of carbonyl (C=O) groups is 1. The van der Waals surface area contributed by atoms with Gasteiger partial charge in [0.1, 0.15) is 5.60 Å². The van der Waals surface area contributed by atoms with Crippen molar-refractivity contribution in [1.29, 1.82) is 0 Å². The van der Waals surface area contributed by atoms with E-state index in [4.69, 9.17) is 9.47 Å². The molecule has 0 radical (unpaired) electrons. The Hall–Kier alpha value is -0.810. The van der Waals surface area contributed by atoms with Crippen molar-refractivity contribution in [3.8, 4) is 0 Å². The minimum Gasteiger partial charge on any atom is -0.444 e. The summed E-state index contributed by atoms with van der Waals surface area (Å²) < 4.78 is 11.0. The second-order valence-electron chi connectivity index (χ2n) is 6.10. The van der Waals surface area contributed by atoms with Crippen LogP contribution in [-0.2, 0) is 9.47 Å². The maximum Gasteiger partial charge on any atom is 0.410 e. The van der Waals surface area contributed by atoms with Crippen molar-refractivity contribution in [2.75, 3.05) is 26.2 Å². The van der Waals surface area contributed by atoms with Gasteiger partial charge in [0.05, 0.1) is 19.3 Å². The van der Waals surface area contributed by atoms with Crippen LogP contribution in [0.5, 0.6) is 0 Å². The molecule has 1 amide bonds. The minimum atomic E-state index is -0.433. The number of hydrogen-bond donors (Lipinski definition) is 1. The van der Waals surface area contributed by atoms with E-state index < -0.39 is 5.60 Å². The lowest BCUT2D eigenvalue weighted by Gasteiger charge is -2.34. The molecule has 1 saturated carbocycles. The summed E-state index contributed by atoms with van der Waals surface area (Å²) in [6, 6.07) is 0.672. The molecule has 1 atom stereocenters. The fourth-order valence-electron chi connectivity index (χ4n) is 1.92. The number of amides is 1. The Morgan fingerprint density at radius 3 is 2.78 bits per heavy atom. The molecule has 0 bridgehead atoms. The lowest BCUT2D eigenvalue weighted by molar-refractivity contribution is -0.0411. The SMILES string of the molecule is CC(C)(C)OC(=O)N1CCOC(CNC2CC2)C1. The van der Waals surface area contributed by atoms with Crippen molar-refractivity contribution >= 4 is 6.09 Å². The van der Waals surface area contributed by atoms with Crippen LogP contribution in [0.4, 0.5) is 4.79 Å². The van der Waals surface area contributed by atoms with Gasteiger partial charge in [-0.25, -0.2) is 4.79 Å². The number of carbonyl (C=O) groups excluding carboxylic acids is 1. The predicted octanol–water partition coefficient (Wildman–Crippen LogP) is 1.37. The predicted molar refractivity (Wildman–Crippen MR) is 68.6 cm³/mol. The maximum absolute atomic E-state index is 11.9. The average Bonchev–Trinajstić information content (AvgIpc) is 3.08. The topological polar surface area (TPSA) is 50.8 Å². The molecule has 0 aromatic carbocycles. The van der Waals surface area contributed by atoms with Gasteiger partial charge in [-0.1, -0.05) is 0 Å². The van der Waals surface area contributed by atoms with Crippen molar-refractivity contribution in [2.24, 2.45) is 0 Å². The van der Waals surface area contributed by atoms with Gasteiger partial charge in [0.2, 0.25) is 0 Å². The molecule has 2 fully saturated rings. The van der Waals surface area contributed by atoms with Gasteiger partial charge in [0.15, 0.2) is 0 Å². The van der Waals surface area contributed by atoms with E-state index in [9.17, 15) is 4.79 Å². The van der Waals surface area contributed by atoms with Crippen molar-refractivity contribution in [1.82, 2.24) is 10.2 Å². The Morgan fingerprint density at radius 2 is 2.17 bits per heavy atom. The van der Waals surface area contributed by atoms with E-state index in [-0.39, 0.29) is 12.2 Å². The van der Waals surface area contributed by atoms with Gasteiger partial charge in [-0.05, 0) is 33.6 Å². The van der Waals surface area contributed by atoms with E-state index in [1.165, 1.54) is 12.8 Å². The van der Waals surface area contributed by atoms with Gasteiger partial charge < -0.3 is 19.7 Å². The van der Waals surface area contributed by atoms with Gasteiger partial charge in [-0.15, -0.1) is 0 Å². The van der Waals surface area contributed by atoms with Crippen LogP contribution in [0.15, 0.2) is 0 Å². The number of morpholine rings is 1. The summed E-state index contributed by atoms with van der Waals surface area (Å²) in [5.41, 5.74) is -0.433. The standard InChI is InChI=1S/C13H24N2O3/c1-13(2,3)18-12(16)15-6-7-17-11(9-15)8-14-10-4-5-10/h10-11,14H,4-9H2,1-3H3. The zero-order chi connectivity index (χ0) is 13.2. The molecule has 2 rings (SSSR count). The van der Waals surface area contributed by atoms with Crippen LogP contribution in [0.1, 0.15) is 33.6 Å². The number of nitrogens with one attached hydrogen (secondary N) is 1. The first-order valence-corrected chi connectivity index (χ1v) is 6.77. The van der Waals surface area contributed by atoms with Crippen LogP contribution >= 0.6 is 0 Å². The molecule has 1 aliphatic heterocycles. The van der Waals surface area contributed by atoms with Crippen LogP contribution < -0.4 is 5.32 Å². The first-order chi connectivity index (χ1) is 8.44. The molecule has 0 aromatic heterocycles. The largest absolute Gasteiger partial charge is 0.444 e. The van der Waals surface area contributed by atoms with Crippen LogP contribution in [-0.4, -0.2) is 55.0 Å². The Bertz CT molecular complexity index is 297. The van der Waals surface area contributed by atoms with E-state index in [1.54, 1.807) is 4.90 Å². The maximum atomic E-state index is 11.9. The lowest BCUT2D eigenvalue weighted by atomic mass is 10.2. The minimum absolute atomic E-state index is 0.0897. The van der Waals surface area contributed by atoms with Gasteiger partial charge in [-0.2, -0.15) is 0 Å². The van der Waals surface area contributed by atoms with Gasteiger partial charge in [-0.3, -0.25) is 0 Å². The third kappa shape index (κ3) is 4.46. The summed E-state index contributed by atoms with van der Waals surface area (Å²) in [5.74, 6) is 0. The molecule has 1 saturated heterocycles. The van der Waals surface area contributed by atoms with E-state index in [2.05, 4.69) is 5.32 Å². The van der Waals surface area contributed by atoms with E-state index in [0.29, 0.717) is 25.7 Å². The first kappa shape index (κ1) is 13.6. The summed E-state index contributed by atoms with van der Waals surface area (Å²) in [6.45, 7) is 8.32. The fourth-order valence-corrected chi connectivity index (χ4v) is 1.92. The number of nitrogens with zero attached hydrogens (tertiary/aromatic N) is 1. The second-order valence-corrected chi connectivity index (χ2v) is 6.10. The molecule has 1 N–H and O–H groups in total. The van der Waals surface area contributed by atoms with Crippen molar-refractivity contribution in [2.45, 2.75) is 51.4 Å². The smallest absolute Gasteiger partial charge is 0.410 e. The molecule has 104 valence electrons. The molecule has 5 nitrogen and oxygen atoms in total. The fraction of sp³-hybridized carbons (Fsp3) is 0.923. The first-order valence-electron chi connectivity index (χ1n) is 6.77. The molecule has 5 heteroatoms. The molecule has 0 aromatic rings. The van der Waals surface area contributed by atoms with E-state index in [0.717, 1.165) is 6.54 Å². The zero-order valence-electron chi connectivity index (χ0n) is 11.6. The zero-order valence-corrected chi connectivity index (χ0v) is 11.6. The third-order valence-electron chi connectivity index (χ3n) is 3.00. The van der Waals surface area contributed by atoms with Crippen molar-refractivity contribution in [3.63, 3.8) is 0 Å². The van der Waals surface area contributed by atoms with E-state index in [1.807, 2.05) is 20.8 Å². The highest BCUT2D eigenvalue weighted by atomic mass is 16.6. The normalized spacial score (nSPS) is 25.1. The summed E-state index contributed by atoms with van der Waals surface area (Å²) in [4.78, 5) is 13.7. The van der Waals surface area contributed by atoms with Crippen molar-refractivity contribution in [3.05, 3.63) is 0 Å². The third-order valence-corrected chi connectivity index (χ3v) is 3.00. The van der Waals surface area contributed by atoms with Crippen LogP contribution in [0.2, 0.25) is 0 Å². The van der Waals surface area contributed by atoms with Gasteiger partial charge in [0, 0.05) is 19.1 Å². The average molecular weight is 256 g/mol. The number of ether oxygens (including phenoxy) is 2. The Morgan fingerprint density at radius 1 is 1.44 bits per heavy atom. The number of hydrogen-bond acceptors (Lipinski definition) is 4. The Labute approximate surface area is 109 Å². The highest BCUT2D eigenvalue weighted by Gasteiger charge is 2.29. The van der Waals surface area contributed by atoms with Crippen LogP contribution in [0, 0.1) is 0 Å². The Kier molecular flexibility index (Phi) is 4.12. The highest BCUT2D eigenvalue weighted by molar-refractivity contribution is 5.68. The molecule has 1 heterocycles. The molecule has 0 spiro atoms. The summed E-state index contributed by atoms with van der Waals surface area (Å²) in [6.07, 6.45) is 2.39. The van der Waals surface area contributed by atoms with Gasteiger partial charge >= 0.3 is 6.09 Å². The second kappa shape index (κ2) is 5.45. The van der Waals surface area contributed by atoms with Crippen molar-refractivity contribution < 1.29 is 14.3 Å². The molecule has 18 heavy (non-hydrogen) atoms.